The van der Waals surface area contributed by atoms with Crippen molar-refractivity contribution in [2.75, 3.05) is 18.4 Å². The normalized spacial score (nSPS) is 16.3. The highest BCUT2D eigenvalue weighted by atomic mass is 35.5. The van der Waals surface area contributed by atoms with Crippen LogP contribution in [-0.4, -0.2) is 43.6 Å². The molecule has 6 nitrogen and oxygen atoms in total. The Hall–Kier alpha value is -2.18. The molecule has 27 heavy (non-hydrogen) atoms. The highest BCUT2D eigenvalue weighted by molar-refractivity contribution is 6.28. The molecule has 0 aliphatic carbocycles. The molecule has 0 spiro atoms. The van der Waals surface area contributed by atoms with Gasteiger partial charge in [0.1, 0.15) is 0 Å². The second kappa shape index (κ2) is 7.82. The van der Waals surface area contributed by atoms with Gasteiger partial charge in [0.25, 0.3) is 0 Å². The Bertz CT molecular complexity index is 899. The second-order valence-corrected chi connectivity index (χ2v) is 7.78. The molecule has 1 N–H and O–H groups in total. The quantitative estimate of drug-likeness (QED) is 0.670. The molecule has 142 valence electrons. The number of piperidine rings is 1. The van der Waals surface area contributed by atoms with Crippen LogP contribution in [0, 0.1) is 0 Å². The van der Waals surface area contributed by atoms with E-state index in [1.54, 1.807) is 0 Å². The first-order valence-electron chi connectivity index (χ1n) is 9.53. The fraction of sp³-hybridized carbons (Fsp3) is 0.450. The Labute approximate surface area is 164 Å². The molecule has 0 amide bonds. The van der Waals surface area contributed by atoms with E-state index in [-0.39, 0.29) is 11.3 Å². The van der Waals surface area contributed by atoms with Gasteiger partial charge >= 0.3 is 0 Å². The van der Waals surface area contributed by atoms with Crippen LogP contribution in [0.2, 0.25) is 5.28 Å². The van der Waals surface area contributed by atoms with Gasteiger partial charge in [-0.2, -0.15) is 9.97 Å². The van der Waals surface area contributed by atoms with Gasteiger partial charge in [-0.05, 0) is 43.9 Å². The zero-order valence-electron chi connectivity index (χ0n) is 15.8. The van der Waals surface area contributed by atoms with Gasteiger partial charge in [-0.25, -0.2) is 4.98 Å². The first-order valence-corrected chi connectivity index (χ1v) is 9.91. The Kier molecular flexibility index (Phi) is 5.27. The van der Waals surface area contributed by atoms with Gasteiger partial charge < -0.3 is 9.88 Å². The molecule has 0 bridgehead atoms. The molecule has 7 heteroatoms. The molecule has 4 rings (SSSR count). The van der Waals surface area contributed by atoms with Crippen molar-refractivity contribution in [3.63, 3.8) is 0 Å². The maximum atomic E-state index is 6.18. The van der Waals surface area contributed by atoms with E-state index in [1.807, 2.05) is 10.9 Å². The molecule has 1 aliphatic rings. The summed E-state index contributed by atoms with van der Waals surface area (Å²) in [6.07, 6.45) is 3.95. The molecule has 2 aromatic heterocycles. The van der Waals surface area contributed by atoms with E-state index in [4.69, 9.17) is 11.6 Å². The van der Waals surface area contributed by atoms with E-state index >= 15 is 0 Å². The fourth-order valence-electron chi connectivity index (χ4n) is 3.64. The summed E-state index contributed by atoms with van der Waals surface area (Å²) in [6, 6.07) is 11.3. The fourth-order valence-corrected chi connectivity index (χ4v) is 3.80. The average molecular weight is 385 g/mol. The van der Waals surface area contributed by atoms with Crippen molar-refractivity contribution >= 4 is 28.6 Å². The number of anilines is 1. The zero-order chi connectivity index (χ0) is 18.8. The minimum atomic E-state index is 0.258. The van der Waals surface area contributed by atoms with Crippen LogP contribution in [0.15, 0.2) is 36.7 Å². The number of aromatic nitrogens is 4. The summed E-state index contributed by atoms with van der Waals surface area (Å²) in [5.74, 6) is 0.742. The van der Waals surface area contributed by atoms with Crippen LogP contribution in [0.25, 0.3) is 11.2 Å². The molecule has 1 fully saturated rings. The minimum Gasteiger partial charge on any atom is -0.365 e. The molecule has 3 heterocycles. The first kappa shape index (κ1) is 18.2. The molecule has 0 atom stereocenters. The van der Waals surface area contributed by atoms with Gasteiger partial charge in [-0.1, -0.05) is 30.3 Å². The van der Waals surface area contributed by atoms with Crippen molar-refractivity contribution in [1.82, 2.24) is 24.4 Å². The summed E-state index contributed by atoms with van der Waals surface area (Å²) in [5, 5.41) is 3.82. The van der Waals surface area contributed by atoms with E-state index in [1.165, 1.54) is 5.56 Å². The Balaban J connectivity index is 1.43. The van der Waals surface area contributed by atoms with Crippen molar-refractivity contribution in [2.45, 2.75) is 45.3 Å². The minimum absolute atomic E-state index is 0.258. The maximum absolute atomic E-state index is 6.18. The van der Waals surface area contributed by atoms with Crippen LogP contribution in [0.3, 0.4) is 0 Å². The van der Waals surface area contributed by atoms with E-state index in [0.29, 0.717) is 6.04 Å². The molecular formula is C20H25ClN6. The number of nitrogens with one attached hydrogen (secondary N) is 1. The van der Waals surface area contributed by atoms with Crippen molar-refractivity contribution < 1.29 is 0 Å². The predicted molar refractivity (Wildman–Crippen MR) is 109 cm³/mol. The Morgan fingerprint density at radius 1 is 1.15 bits per heavy atom. The van der Waals surface area contributed by atoms with E-state index in [9.17, 15) is 0 Å². The summed E-state index contributed by atoms with van der Waals surface area (Å²) in [7, 11) is 0. The van der Waals surface area contributed by atoms with Crippen molar-refractivity contribution in [3.05, 3.63) is 47.5 Å². The highest BCUT2D eigenvalue weighted by Gasteiger charge is 2.22. The van der Waals surface area contributed by atoms with Crippen LogP contribution < -0.4 is 5.32 Å². The third-order valence-corrected chi connectivity index (χ3v) is 5.30. The van der Waals surface area contributed by atoms with Gasteiger partial charge in [-0.3, -0.25) is 4.90 Å². The molecule has 1 saturated heterocycles. The van der Waals surface area contributed by atoms with Gasteiger partial charge in [0.15, 0.2) is 17.0 Å². The lowest BCUT2D eigenvalue weighted by Crippen LogP contribution is -2.38. The number of nitrogens with zero attached hydrogens (tertiary/aromatic N) is 5. The lowest BCUT2D eigenvalue weighted by Gasteiger charge is -2.32. The number of likely N-dealkylation sites (tertiary alicyclic amines) is 1. The van der Waals surface area contributed by atoms with E-state index in [2.05, 4.69) is 69.3 Å². The van der Waals surface area contributed by atoms with Gasteiger partial charge in [0.05, 0.1) is 6.33 Å². The second-order valence-electron chi connectivity index (χ2n) is 7.44. The maximum Gasteiger partial charge on any atom is 0.226 e. The predicted octanol–water partition coefficient (Wildman–Crippen LogP) is 4.14. The molecular weight excluding hydrogens is 360 g/mol. The number of hydrogen-bond acceptors (Lipinski definition) is 5. The Morgan fingerprint density at radius 2 is 1.89 bits per heavy atom. The molecule has 0 radical (unpaired) electrons. The first-order chi connectivity index (χ1) is 13.1. The van der Waals surface area contributed by atoms with E-state index in [0.717, 1.165) is 49.5 Å². The summed E-state index contributed by atoms with van der Waals surface area (Å²) in [4.78, 5) is 15.8. The van der Waals surface area contributed by atoms with Crippen LogP contribution in [0.5, 0.6) is 0 Å². The number of imidazole rings is 1. The molecule has 3 aromatic rings. The highest BCUT2D eigenvalue weighted by Crippen LogP contribution is 2.25. The topological polar surface area (TPSA) is 58.9 Å². The standard InChI is InChI=1S/C20H25ClN6/c1-14(2)27-13-22-17-18(24-20(21)25-19(17)27)23-16-8-10-26(11-9-16)12-15-6-4-3-5-7-15/h3-7,13-14,16H,8-12H2,1-2H3,(H,23,24,25). The molecule has 1 aliphatic heterocycles. The molecule has 1 aromatic carbocycles. The lowest BCUT2D eigenvalue weighted by molar-refractivity contribution is 0.211. The summed E-state index contributed by atoms with van der Waals surface area (Å²) >= 11 is 6.18. The Morgan fingerprint density at radius 3 is 2.59 bits per heavy atom. The third-order valence-electron chi connectivity index (χ3n) is 5.13. The SMILES string of the molecule is CC(C)n1cnc2c(NC3CCN(Cc4ccccc4)CC3)nc(Cl)nc21. The van der Waals surface area contributed by atoms with Crippen molar-refractivity contribution in [1.29, 1.82) is 0 Å². The van der Waals surface area contributed by atoms with Crippen LogP contribution in [0.1, 0.15) is 38.3 Å². The van der Waals surface area contributed by atoms with Gasteiger partial charge in [0.2, 0.25) is 5.28 Å². The van der Waals surface area contributed by atoms with Gasteiger partial charge in [-0.15, -0.1) is 0 Å². The van der Waals surface area contributed by atoms with Gasteiger partial charge in [0, 0.05) is 31.7 Å². The van der Waals surface area contributed by atoms with E-state index < -0.39 is 0 Å². The number of rotatable bonds is 5. The van der Waals surface area contributed by atoms with Crippen LogP contribution in [0.4, 0.5) is 5.82 Å². The number of benzene rings is 1. The van der Waals surface area contributed by atoms with Crippen LogP contribution >= 0.6 is 11.6 Å². The number of hydrogen-bond donors (Lipinski definition) is 1. The largest absolute Gasteiger partial charge is 0.365 e. The smallest absolute Gasteiger partial charge is 0.226 e. The number of halogens is 1. The zero-order valence-corrected chi connectivity index (χ0v) is 16.5. The van der Waals surface area contributed by atoms with Crippen molar-refractivity contribution in [2.24, 2.45) is 0 Å². The monoisotopic (exact) mass is 384 g/mol. The third kappa shape index (κ3) is 4.06. The summed E-state index contributed by atoms with van der Waals surface area (Å²) in [6.45, 7) is 7.35. The lowest BCUT2D eigenvalue weighted by atomic mass is 10.0. The summed E-state index contributed by atoms with van der Waals surface area (Å²) in [5.41, 5.74) is 2.95. The average Bonchev–Trinajstić information content (AvgIpc) is 3.08. The van der Waals surface area contributed by atoms with Crippen molar-refractivity contribution in [3.8, 4) is 0 Å². The molecule has 0 saturated carbocycles. The molecule has 0 unspecified atom stereocenters. The number of fused-ring (bicyclic) bond motifs is 1. The summed E-state index contributed by atoms with van der Waals surface area (Å²) < 4.78 is 2.02. The van der Waals surface area contributed by atoms with Crippen LogP contribution in [-0.2, 0) is 6.54 Å².